The maximum atomic E-state index is 12.6. The molecule has 1 unspecified atom stereocenters. The zero-order valence-corrected chi connectivity index (χ0v) is 11.3. The van der Waals surface area contributed by atoms with E-state index in [4.69, 9.17) is 9.05 Å². The van der Waals surface area contributed by atoms with E-state index in [1.54, 1.807) is 0 Å². The Hall–Kier alpha value is -0.510. The first-order chi connectivity index (χ1) is 7.59. The van der Waals surface area contributed by atoms with Gasteiger partial charge in [-0.25, -0.2) is 0 Å². The molecule has 0 saturated carbocycles. The lowest BCUT2D eigenvalue weighted by atomic mass is 10.6. The van der Waals surface area contributed by atoms with Crippen molar-refractivity contribution >= 4 is 7.60 Å². The quantitative estimate of drug-likeness (QED) is 0.674. The van der Waals surface area contributed by atoms with E-state index in [9.17, 15) is 4.57 Å². The van der Waals surface area contributed by atoms with Crippen LogP contribution in [0.1, 0.15) is 20.8 Å². The Morgan fingerprint density at radius 2 is 1.75 bits per heavy atom. The molecule has 0 N–H and O–H groups in total. The molecule has 0 aromatic rings. The molecule has 0 radical (unpaired) electrons. The van der Waals surface area contributed by atoms with Gasteiger partial charge in [0.25, 0.3) is 0 Å². The first kappa shape index (κ1) is 13.6. The van der Waals surface area contributed by atoms with E-state index >= 15 is 0 Å². The van der Waals surface area contributed by atoms with E-state index < -0.39 is 7.60 Å². The van der Waals surface area contributed by atoms with Gasteiger partial charge in [-0.1, -0.05) is 0 Å². The minimum absolute atomic E-state index is 0.336. The van der Waals surface area contributed by atoms with Gasteiger partial charge in [-0.15, -0.1) is 0 Å². The molecule has 1 aliphatic heterocycles. The molecule has 1 heterocycles. The summed E-state index contributed by atoms with van der Waals surface area (Å²) >= 11 is 0. The Morgan fingerprint density at radius 1 is 1.19 bits per heavy atom. The highest BCUT2D eigenvalue weighted by atomic mass is 31.2. The van der Waals surface area contributed by atoms with Crippen molar-refractivity contribution < 1.29 is 13.6 Å². The van der Waals surface area contributed by atoms with E-state index in [1.807, 2.05) is 50.0 Å². The van der Waals surface area contributed by atoms with E-state index in [0.29, 0.717) is 13.2 Å². The molecule has 1 rings (SSSR count). The van der Waals surface area contributed by atoms with Gasteiger partial charge in [0.2, 0.25) is 5.91 Å². The summed E-state index contributed by atoms with van der Waals surface area (Å²) in [5.41, 5.74) is 0. The van der Waals surface area contributed by atoms with Crippen molar-refractivity contribution in [3.63, 3.8) is 0 Å². The summed E-state index contributed by atoms with van der Waals surface area (Å²) in [6, 6.07) is 0. The average molecular weight is 248 g/mol. The van der Waals surface area contributed by atoms with Crippen LogP contribution >= 0.6 is 7.60 Å². The van der Waals surface area contributed by atoms with Crippen molar-refractivity contribution in [3.05, 3.63) is 12.4 Å². The first-order valence-corrected chi connectivity index (χ1v) is 7.25. The summed E-state index contributed by atoms with van der Waals surface area (Å²) in [7, 11) is -1.23. The van der Waals surface area contributed by atoms with Crippen LogP contribution in [-0.4, -0.2) is 42.5 Å². The minimum atomic E-state index is -3.11. The van der Waals surface area contributed by atoms with Crippen molar-refractivity contribution in [1.29, 1.82) is 0 Å². The molecule has 16 heavy (non-hydrogen) atoms. The maximum absolute atomic E-state index is 12.6. The molecule has 0 saturated heterocycles. The molecule has 0 aliphatic carbocycles. The van der Waals surface area contributed by atoms with Gasteiger partial charge in [0, 0.05) is 26.0 Å². The molecule has 0 spiro atoms. The molecule has 0 aromatic heterocycles. The predicted octanol–water partition coefficient (Wildman–Crippen LogP) is 2.27. The Morgan fingerprint density at radius 3 is 2.19 bits per heavy atom. The van der Waals surface area contributed by atoms with Crippen molar-refractivity contribution in [1.82, 2.24) is 9.80 Å². The first-order valence-electron chi connectivity index (χ1n) is 5.63. The topological polar surface area (TPSA) is 42.0 Å². The van der Waals surface area contributed by atoms with Crippen LogP contribution in [0.15, 0.2) is 12.4 Å². The summed E-state index contributed by atoms with van der Waals surface area (Å²) in [5.74, 6) is -0.336. The second-order valence-corrected chi connectivity index (χ2v) is 5.57. The highest BCUT2D eigenvalue weighted by Gasteiger charge is 2.43. The van der Waals surface area contributed by atoms with Gasteiger partial charge >= 0.3 is 7.60 Å². The third kappa shape index (κ3) is 2.59. The predicted molar refractivity (Wildman–Crippen MR) is 63.9 cm³/mol. The highest BCUT2D eigenvalue weighted by Crippen LogP contribution is 2.56. The summed E-state index contributed by atoms with van der Waals surface area (Å²) < 4.78 is 23.4. The van der Waals surface area contributed by atoms with E-state index in [-0.39, 0.29) is 5.91 Å². The fourth-order valence-electron chi connectivity index (χ4n) is 1.78. The molecule has 0 aromatic carbocycles. The van der Waals surface area contributed by atoms with Crippen LogP contribution in [0, 0.1) is 0 Å². The molecule has 0 fully saturated rings. The SMILES string of the molecule is CCOP(=O)(OCC)C1N(C)C=CN1CC. The summed E-state index contributed by atoms with van der Waals surface area (Å²) in [6.45, 7) is 7.21. The fraction of sp³-hybridized carbons (Fsp3) is 0.800. The molecular formula is C10H21N2O3P. The van der Waals surface area contributed by atoms with Crippen LogP contribution in [0.5, 0.6) is 0 Å². The molecular weight excluding hydrogens is 227 g/mol. The third-order valence-corrected chi connectivity index (χ3v) is 4.88. The van der Waals surface area contributed by atoms with Gasteiger partial charge < -0.3 is 18.8 Å². The van der Waals surface area contributed by atoms with Crippen LogP contribution in [0.25, 0.3) is 0 Å². The lowest BCUT2D eigenvalue weighted by Gasteiger charge is -2.34. The molecule has 6 heteroatoms. The van der Waals surface area contributed by atoms with E-state index in [2.05, 4.69) is 0 Å². The van der Waals surface area contributed by atoms with Gasteiger partial charge in [-0.3, -0.25) is 4.57 Å². The number of hydrogen-bond acceptors (Lipinski definition) is 5. The Labute approximate surface area is 97.5 Å². The molecule has 1 aliphatic rings. The standard InChI is InChI=1S/C10H21N2O3P/c1-5-12-9-8-11(4)10(12)16(13,14-6-2)15-7-3/h8-10H,5-7H2,1-4H3. The van der Waals surface area contributed by atoms with Crippen molar-refractivity contribution in [2.75, 3.05) is 26.8 Å². The minimum Gasteiger partial charge on any atom is -0.349 e. The number of hydrogen-bond donors (Lipinski definition) is 0. The molecule has 1 atom stereocenters. The third-order valence-electron chi connectivity index (χ3n) is 2.42. The van der Waals surface area contributed by atoms with Gasteiger partial charge in [0.1, 0.15) is 0 Å². The van der Waals surface area contributed by atoms with Gasteiger partial charge in [-0.2, -0.15) is 0 Å². The monoisotopic (exact) mass is 248 g/mol. The van der Waals surface area contributed by atoms with Crippen molar-refractivity contribution in [3.8, 4) is 0 Å². The maximum Gasteiger partial charge on any atom is 0.373 e. The lowest BCUT2D eigenvalue weighted by Crippen LogP contribution is -2.37. The summed E-state index contributed by atoms with van der Waals surface area (Å²) in [6.07, 6.45) is 3.80. The zero-order chi connectivity index (χ0) is 12.2. The molecule has 0 bridgehead atoms. The fourth-order valence-corrected chi connectivity index (χ4v) is 3.97. The second-order valence-electron chi connectivity index (χ2n) is 3.52. The van der Waals surface area contributed by atoms with Crippen LogP contribution in [0.4, 0.5) is 0 Å². The van der Waals surface area contributed by atoms with E-state index in [0.717, 1.165) is 6.54 Å². The largest absolute Gasteiger partial charge is 0.373 e. The molecule has 94 valence electrons. The summed E-state index contributed by atoms with van der Waals surface area (Å²) in [5, 5.41) is 0. The van der Waals surface area contributed by atoms with Crippen LogP contribution in [-0.2, 0) is 13.6 Å². The van der Waals surface area contributed by atoms with Gasteiger partial charge in [-0.05, 0) is 20.8 Å². The Kier molecular flexibility index (Phi) is 4.84. The second kappa shape index (κ2) is 5.71. The smallest absolute Gasteiger partial charge is 0.349 e. The normalized spacial score (nSPS) is 20.9. The summed E-state index contributed by atoms with van der Waals surface area (Å²) in [4.78, 5) is 3.84. The Bertz CT molecular complexity index is 286. The van der Waals surface area contributed by atoms with Crippen LogP contribution in [0.3, 0.4) is 0 Å². The number of rotatable bonds is 6. The van der Waals surface area contributed by atoms with Gasteiger partial charge in [0.15, 0.2) is 0 Å². The van der Waals surface area contributed by atoms with E-state index in [1.165, 1.54) is 0 Å². The van der Waals surface area contributed by atoms with Crippen molar-refractivity contribution in [2.45, 2.75) is 26.7 Å². The molecule has 0 amide bonds. The Balaban J connectivity index is 2.89. The average Bonchev–Trinajstić information content (AvgIpc) is 2.60. The van der Waals surface area contributed by atoms with Crippen LogP contribution < -0.4 is 0 Å². The van der Waals surface area contributed by atoms with Crippen molar-refractivity contribution in [2.24, 2.45) is 0 Å². The van der Waals surface area contributed by atoms with Gasteiger partial charge in [0.05, 0.1) is 13.2 Å². The lowest BCUT2D eigenvalue weighted by molar-refractivity contribution is 0.152. The number of nitrogens with zero attached hydrogens (tertiary/aromatic N) is 2. The highest BCUT2D eigenvalue weighted by molar-refractivity contribution is 7.54. The zero-order valence-electron chi connectivity index (χ0n) is 10.4. The van der Waals surface area contributed by atoms with Crippen LogP contribution in [0.2, 0.25) is 0 Å². The molecule has 5 nitrogen and oxygen atoms in total.